The van der Waals surface area contributed by atoms with Crippen molar-refractivity contribution in [1.82, 2.24) is 5.32 Å². The molecule has 0 bridgehead atoms. The molecule has 0 aliphatic rings. The van der Waals surface area contributed by atoms with Crippen LogP contribution in [-0.2, 0) is 0 Å². The second-order valence-electron chi connectivity index (χ2n) is 4.25. The summed E-state index contributed by atoms with van der Waals surface area (Å²) in [6.45, 7) is 0.443. The predicted octanol–water partition coefficient (Wildman–Crippen LogP) is 4.02. The normalized spacial score (nSPS) is 11.9. The van der Waals surface area contributed by atoms with E-state index in [0.717, 1.165) is 10.0 Å². The molecule has 1 unspecified atom stereocenters. The van der Waals surface area contributed by atoms with Gasteiger partial charge in [-0.3, -0.25) is 4.79 Å². The third kappa shape index (κ3) is 3.84. The van der Waals surface area contributed by atoms with Crippen LogP contribution in [0.5, 0.6) is 5.75 Å². The minimum Gasteiger partial charge on any atom is -0.507 e. The number of halogens is 2. The molecule has 3 nitrogen and oxygen atoms in total. The zero-order valence-corrected chi connectivity index (χ0v) is 13.7. The molecule has 0 fully saturated rings. The molecule has 5 heteroatoms. The van der Waals surface area contributed by atoms with Gasteiger partial charge in [0.1, 0.15) is 5.75 Å². The number of hydrogen-bond donors (Lipinski definition) is 2. The van der Waals surface area contributed by atoms with Gasteiger partial charge in [-0.25, -0.2) is 0 Å². The minimum atomic E-state index is -0.296. The van der Waals surface area contributed by atoms with Gasteiger partial charge in [0.15, 0.2) is 0 Å². The van der Waals surface area contributed by atoms with Gasteiger partial charge in [0.25, 0.3) is 5.91 Å². The zero-order chi connectivity index (χ0) is 14.5. The number of phenolic OH excluding ortho intramolecular Hbond substituents is 1. The molecule has 20 heavy (non-hydrogen) atoms. The number of benzene rings is 2. The lowest BCUT2D eigenvalue weighted by molar-refractivity contribution is 0.0951. The Morgan fingerprint density at radius 3 is 2.55 bits per heavy atom. The van der Waals surface area contributed by atoms with Crippen LogP contribution in [0.1, 0.15) is 20.7 Å². The lowest BCUT2D eigenvalue weighted by Crippen LogP contribution is -2.26. The number of hydrogen-bond acceptors (Lipinski definition) is 2. The van der Waals surface area contributed by atoms with E-state index in [1.165, 1.54) is 6.07 Å². The number of alkyl halides is 1. The van der Waals surface area contributed by atoms with Gasteiger partial charge < -0.3 is 10.4 Å². The second-order valence-corrected chi connectivity index (χ2v) is 6.27. The van der Waals surface area contributed by atoms with Crippen LogP contribution in [0.2, 0.25) is 0 Å². The van der Waals surface area contributed by atoms with Gasteiger partial charge in [-0.05, 0) is 23.8 Å². The highest BCUT2D eigenvalue weighted by Gasteiger charge is 2.13. The molecule has 104 valence electrons. The topological polar surface area (TPSA) is 49.3 Å². The number of amides is 1. The second kappa shape index (κ2) is 6.90. The van der Waals surface area contributed by atoms with Crippen molar-refractivity contribution in [2.45, 2.75) is 4.83 Å². The van der Waals surface area contributed by atoms with E-state index in [0.29, 0.717) is 6.54 Å². The quantitative estimate of drug-likeness (QED) is 0.764. The van der Waals surface area contributed by atoms with Crippen molar-refractivity contribution in [2.24, 2.45) is 0 Å². The SMILES string of the molecule is O=C(NCC(Br)c1ccccc1)c1ccc(Br)cc1O. The maximum Gasteiger partial charge on any atom is 0.255 e. The van der Waals surface area contributed by atoms with Crippen LogP contribution in [0.15, 0.2) is 53.0 Å². The maximum atomic E-state index is 12.0. The first-order valence-electron chi connectivity index (χ1n) is 6.03. The van der Waals surface area contributed by atoms with Crippen molar-refractivity contribution in [3.8, 4) is 5.75 Å². The molecule has 0 aliphatic carbocycles. The molecule has 2 aromatic carbocycles. The van der Waals surface area contributed by atoms with Crippen molar-refractivity contribution < 1.29 is 9.90 Å². The molecule has 0 heterocycles. The van der Waals surface area contributed by atoms with Crippen LogP contribution in [0.25, 0.3) is 0 Å². The summed E-state index contributed by atoms with van der Waals surface area (Å²) in [4.78, 5) is 12.0. The van der Waals surface area contributed by atoms with Crippen LogP contribution in [0, 0.1) is 0 Å². The minimum absolute atomic E-state index is 0.0326. The van der Waals surface area contributed by atoms with Crippen molar-refractivity contribution in [3.63, 3.8) is 0 Å². The van der Waals surface area contributed by atoms with Gasteiger partial charge in [-0.15, -0.1) is 0 Å². The Kier molecular flexibility index (Phi) is 5.20. The maximum absolute atomic E-state index is 12.0. The molecule has 0 spiro atoms. The molecular formula is C15H13Br2NO2. The average molecular weight is 399 g/mol. The Morgan fingerprint density at radius 1 is 1.20 bits per heavy atom. The van der Waals surface area contributed by atoms with Crippen LogP contribution in [0.4, 0.5) is 0 Å². The molecule has 0 radical (unpaired) electrons. The summed E-state index contributed by atoms with van der Waals surface area (Å²) in [6.07, 6.45) is 0. The third-order valence-electron chi connectivity index (χ3n) is 2.81. The Balaban J connectivity index is 1.99. The number of rotatable bonds is 4. The highest BCUT2D eigenvalue weighted by Crippen LogP contribution is 2.24. The molecular weight excluding hydrogens is 386 g/mol. The Morgan fingerprint density at radius 2 is 1.90 bits per heavy atom. The summed E-state index contributed by atoms with van der Waals surface area (Å²) in [7, 11) is 0. The first-order chi connectivity index (χ1) is 9.58. The van der Waals surface area contributed by atoms with Gasteiger partial charge in [0.2, 0.25) is 0 Å². The largest absolute Gasteiger partial charge is 0.507 e. The van der Waals surface area contributed by atoms with Crippen LogP contribution < -0.4 is 5.32 Å². The van der Waals surface area contributed by atoms with Gasteiger partial charge in [-0.1, -0.05) is 62.2 Å². The summed E-state index contributed by atoms with van der Waals surface area (Å²) >= 11 is 6.77. The number of carbonyl (C=O) groups excluding carboxylic acids is 1. The smallest absolute Gasteiger partial charge is 0.255 e. The third-order valence-corrected chi connectivity index (χ3v) is 4.15. The molecule has 2 rings (SSSR count). The fourth-order valence-corrected chi connectivity index (χ4v) is 2.57. The molecule has 1 atom stereocenters. The molecule has 2 aromatic rings. The summed E-state index contributed by atoms with van der Waals surface area (Å²) in [6, 6.07) is 14.6. The molecule has 0 aliphatic heterocycles. The standard InChI is InChI=1S/C15H13Br2NO2/c16-11-6-7-12(14(19)8-11)15(20)18-9-13(17)10-4-2-1-3-5-10/h1-8,13,19H,9H2,(H,18,20). The Labute approximate surface area is 134 Å². The van der Waals surface area contributed by atoms with Crippen molar-refractivity contribution in [1.29, 1.82) is 0 Å². The predicted molar refractivity (Wildman–Crippen MR) is 86.3 cm³/mol. The number of nitrogens with one attached hydrogen (secondary N) is 1. The summed E-state index contributed by atoms with van der Waals surface area (Å²) in [5, 5.41) is 12.5. The molecule has 0 saturated carbocycles. The lowest BCUT2D eigenvalue weighted by atomic mass is 10.1. The average Bonchev–Trinajstić information content (AvgIpc) is 2.45. The number of carbonyl (C=O) groups is 1. The molecule has 2 N–H and O–H groups in total. The van der Waals surface area contributed by atoms with Crippen LogP contribution >= 0.6 is 31.9 Å². The van der Waals surface area contributed by atoms with E-state index in [-0.39, 0.29) is 22.0 Å². The highest BCUT2D eigenvalue weighted by molar-refractivity contribution is 9.10. The van der Waals surface area contributed by atoms with E-state index in [1.807, 2.05) is 30.3 Å². The molecule has 0 saturated heterocycles. The Hall–Kier alpha value is -1.33. The van der Waals surface area contributed by atoms with Crippen LogP contribution in [0.3, 0.4) is 0 Å². The fraction of sp³-hybridized carbons (Fsp3) is 0.133. The first kappa shape index (κ1) is 15.1. The molecule has 1 amide bonds. The summed E-state index contributed by atoms with van der Waals surface area (Å²) in [5.41, 5.74) is 1.36. The van der Waals surface area contributed by atoms with E-state index >= 15 is 0 Å². The lowest BCUT2D eigenvalue weighted by Gasteiger charge is -2.12. The van der Waals surface area contributed by atoms with Gasteiger partial charge in [0, 0.05) is 11.0 Å². The van der Waals surface area contributed by atoms with E-state index in [4.69, 9.17) is 0 Å². The first-order valence-corrected chi connectivity index (χ1v) is 7.74. The van der Waals surface area contributed by atoms with E-state index in [1.54, 1.807) is 12.1 Å². The molecule has 0 aromatic heterocycles. The van der Waals surface area contributed by atoms with E-state index < -0.39 is 0 Å². The number of aromatic hydroxyl groups is 1. The van der Waals surface area contributed by atoms with Gasteiger partial charge in [0.05, 0.1) is 10.4 Å². The van der Waals surface area contributed by atoms with Gasteiger partial charge in [-0.2, -0.15) is 0 Å². The fourth-order valence-electron chi connectivity index (χ4n) is 1.75. The monoisotopic (exact) mass is 397 g/mol. The van der Waals surface area contributed by atoms with Gasteiger partial charge >= 0.3 is 0 Å². The zero-order valence-electron chi connectivity index (χ0n) is 10.5. The van der Waals surface area contributed by atoms with Crippen molar-refractivity contribution in [3.05, 3.63) is 64.1 Å². The van der Waals surface area contributed by atoms with E-state index in [9.17, 15) is 9.90 Å². The van der Waals surface area contributed by atoms with Crippen molar-refractivity contribution >= 4 is 37.8 Å². The van der Waals surface area contributed by atoms with E-state index in [2.05, 4.69) is 37.2 Å². The Bertz CT molecular complexity index is 602. The highest BCUT2D eigenvalue weighted by atomic mass is 79.9. The summed E-state index contributed by atoms with van der Waals surface area (Å²) in [5.74, 6) is -0.335. The summed E-state index contributed by atoms with van der Waals surface area (Å²) < 4.78 is 0.731. The number of phenols is 1. The van der Waals surface area contributed by atoms with Crippen LogP contribution in [-0.4, -0.2) is 17.6 Å². The van der Waals surface area contributed by atoms with Crippen molar-refractivity contribution in [2.75, 3.05) is 6.54 Å².